The van der Waals surface area contributed by atoms with Gasteiger partial charge in [-0.15, -0.1) is 0 Å². The summed E-state index contributed by atoms with van der Waals surface area (Å²) in [7, 11) is 0. The van der Waals surface area contributed by atoms with Crippen LogP contribution in [0.5, 0.6) is 0 Å². The molecule has 0 spiro atoms. The molecule has 2 aromatic rings. The number of nitrogens with zero attached hydrogens (tertiary/aromatic N) is 1. The summed E-state index contributed by atoms with van der Waals surface area (Å²) in [4.78, 5) is 15.3. The van der Waals surface area contributed by atoms with E-state index in [1.807, 2.05) is 55.5 Å². The van der Waals surface area contributed by atoms with E-state index >= 15 is 0 Å². The van der Waals surface area contributed by atoms with Gasteiger partial charge < -0.3 is 15.8 Å². The SMILES string of the molecule is CC(C(=O)NC(Cc1ccccc1)CN1CCOCC1)C(N)c1ccccc1. The molecule has 3 rings (SSSR count). The Morgan fingerprint density at radius 2 is 1.68 bits per heavy atom. The van der Waals surface area contributed by atoms with Gasteiger partial charge in [-0.1, -0.05) is 67.6 Å². The summed E-state index contributed by atoms with van der Waals surface area (Å²) in [5.41, 5.74) is 8.57. The maximum Gasteiger partial charge on any atom is 0.225 e. The zero-order chi connectivity index (χ0) is 19.8. The van der Waals surface area contributed by atoms with E-state index in [-0.39, 0.29) is 23.9 Å². The zero-order valence-corrected chi connectivity index (χ0v) is 16.6. The molecule has 3 unspecified atom stereocenters. The first-order valence-electron chi connectivity index (χ1n) is 10.1. The molecular formula is C23H31N3O2. The molecule has 0 radical (unpaired) electrons. The largest absolute Gasteiger partial charge is 0.379 e. The lowest BCUT2D eigenvalue weighted by Crippen LogP contribution is -2.50. The predicted molar refractivity (Wildman–Crippen MR) is 112 cm³/mol. The van der Waals surface area contributed by atoms with Crippen LogP contribution in [0.1, 0.15) is 24.1 Å². The summed E-state index contributed by atoms with van der Waals surface area (Å²) < 4.78 is 5.45. The average molecular weight is 382 g/mol. The van der Waals surface area contributed by atoms with Crippen molar-refractivity contribution in [3.8, 4) is 0 Å². The van der Waals surface area contributed by atoms with Crippen molar-refractivity contribution in [2.45, 2.75) is 25.4 Å². The van der Waals surface area contributed by atoms with Gasteiger partial charge in [-0.2, -0.15) is 0 Å². The number of nitrogens with one attached hydrogen (secondary N) is 1. The third kappa shape index (κ3) is 5.89. The van der Waals surface area contributed by atoms with Crippen LogP contribution in [-0.4, -0.2) is 49.7 Å². The van der Waals surface area contributed by atoms with Gasteiger partial charge in [0.1, 0.15) is 0 Å². The van der Waals surface area contributed by atoms with Gasteiger partial charge in [-0.25, -0.2) is 0 Å². The highest BCUT2D eigenvalue weighted by Gasteiger charge is 2.25. The molecule has 0 saturated carbocycles. The second-order valence-electron chi connectivity index (χ2n) is 7.53. The summed E-state index contributed by atoms with van der Waals surface area (Å²) in [6, 6.07) is 19.8. The molecule has 1 saturated heterocycles. The number of carbonyl (C=O) groups is 1. The van der Waals surface area contributed by atoms with Crippen LogP contribution in [0.3, 0.4) is 0 Å². The number of nitrogens with two attached hydrogens (primary N) is 1. The van der Waals surface area contributed by atoms with Crippen LogP contribution in [0.15, 0.2) is 60.7 Å². The Labute approximate surface area is 167 Å². The molecule has 1 heterocycles. The summed E-state index contributed by atoms with van der Waals surface area (Å²) in [6.07, 6.45) is 0.803. The average Bonchev–Trinajstić information content (AvgIpc) is 2.74. The van der Waals surface area contributed by atoms with E-state index in [0.29, 0.717) is 0 Å². The fraction of sp³-hybridized carbons (Fsp3) is 0.435. The molecular weight excluding hydrogens is 350 g/mol. The van der Waals surface area contributed by atoms with Crippen molar-refractivity contribution in [3.05, 3.63) is 71.8 Å². The number of morpholine rings is 1. The van der Waals surface area contributed by atoms with E-state index in [1.54, 1.807) is 0 Å². The van der Waals surface area contributed by atoms with Gasteiger partial charge in [0.25, 0.3) is 0 Å². The summed E-state index contributed by atoms with van der Waals surface area (Å²) in [5.74, 6) is -0.295. The number of hydrogen-bond acceptors (Lipinski definition) is 4. The molecule has 2 aromatic carbocycles. The van der Waals surface area contributed by atoms with E-state index in [4.69, 9.17) is 10.5 Å². The van der Waals surface area contributed by atoms with E-state index in [0.717, 1.165) is 44.8 Å². The fourth-order valence-electron chi connectivity index (χ4n) is 3.61. The highest BCUT2D eigenvalue weighted by molar-refractivity contribution is 5.79. The smallest absolute Gasteiger partial charge is 0.225 e. The van der Waals surface area contributed by atoms with Crippen molar-refractivity contribution in [1.29, 1.82) is 0 Å². The third-order valence-corrected chi connectivity index (χ3v) is 5.39. The Bertz CT molecular complexity index is 717. The minimum absolute atomic E-state index is 0.00513. The van der Waals surface area contributed by atoms with Gasteiger partial charge in [0.05, 0.1) is 19.1 Å². The van der Waals surface area contributed by atoms with Gasteiger partial charge >= 0.3 is 0 Å². The standard InChI is InChI=1S/C23H31N3O2/c1-18(22(24)20-10-6-3-7-11-20)23(27)25-21(16-19-8-4-2-5-9-19)17-26-12-14-28-15-13-26/h2-11,18,21-22H,12-17,24H2,1H3,(H,25,27). The Balaban J connectivity index is 1.65. The summed E-state index contributed by atoms with van der Waals surface area (Å²) in [6.45, 7) is 6.03. The normalized spacial score (nSPS) is 18.2. The van der Waals surface area contributed by atoms with Crippen LogP contribution >= 0.6 is 0 Å². The van der Waals surface area contributed by atoms with Gasteiger partial charge in [0, 0.05) is 31.7 Å². The van der Waals surface area contributed by atoms with Crippen LogP contribution in [0.4, 0.5) is 0 Å². The van der Waals surface area contributed by atoms with Crippen molar-refractivity contribution in [2.24, 2.45) is 11.7 Å². The molecule has 28 heavy (non-hydrogen) atoms. The monoisotopic (exact) mass is 381 g/mol. The van der Waals surface area contributed by atoms with E-state index in [2.05, 4.69) is 22.3 Å². The van der Waals surface area contributed by atoms with Gasteiger partial charge in [0.15, 0.2) is 0 Å². The van der Waals surface area contributed by atoms with Crippen molar-refractivity contribution in [2.75, 3.05) is 32.8 Å². The number of hydrogen-bond donors (Lipinski definition) is 2. The first kappa shape index (κ1) is 20.5. The molecule has 5 nitrogen and oxygen atoms in total. The number of benzene rings is 2. The molecule has 1 aliphatic heterocycles. The topological polar surface area (TPSA) is 67.6 Å². The second-order valence-corrected chi connectivity index (χ2v) is 7.53. The Hall–Kier alpha value is -2.21. The molecule has 0 aliphatic carbocycles. The van der Waals surface area contributed by atoms with Gasteiger partial charge in [-0.3, -0.25) is 9.69 Å². The quantitative estimate of drug-likeness (QED) is 0.737. The van der Waals surface area contributed by atoms with Crippen LogP contribution in [-0.2, 0) is 16.0 Å². The van der Waals surface area contributed by atoms with Crippen LogP contribution < -0.4 is 11.1 Å². The summed E-state index contributed by atoms with van der Waals surface area (Å²) in [5, 5.41) is 3.26. The molecule has 150 valence electrons. The highest BCUT2D eigenvalue weighted by Crippen LogP contribution is 2.19. The minimum Gasteiger partial charge on any atom is -0.379 e. The maximum absolute atomic E-state index is 13.0. The van der Waals surface area contributed by atoms with Crippen LogP contribution in [0.2, 0.25) is 0 Å². The first-order chi connectivity index (χ1) is 13.6. The number of amides is 1. The van der Waals surface area contributed by atoms with Crippen LogP contribution in [0.25, 0.3) is 0 Å². The lowest BCUT2D eigenvalue weighted by molar-refractivity contribution is -0.126. The van der Waals surface area contributed by atoms with E-state index in [9.17, 15) is 4.79 Å². The Morgan fingerprint density at radius 3 is 2.32 bits per heavy atom. The maximum atomic E-state index is 13.0. The number of ether oxygens (including phenoxy) is 1. The lowest BCUT2D eigenvalue weighted by Gasteiger charge is -2.32. The van der Waals surface area contributed by atoms with Crippen molar-refractivity contribution in [3.63, 3.8) is 0 Å². The van der Waals surface area contributed by atoms with Crippen molar-refractivity contribution >= 4 is 5.91 Å². The molecule has 1 aliphatic rings. The van der Waals surface area contributed by atoms with E-state index in [1.165, 1.54) is 5.56 Å². The van der Waals surface area contributed by atoms with Crippen molar-refractivity contribution in [1.82, 2.24) is 10.2 Å². The fourth-order valence-corrected chi connectivity index (χ4v) is 3.61. The number of rotatable bonds is 8. The molecule has 0 bridgehead atoms. The van der Waals surface area contributed by atoms with E-state index < -0.39 is 0 Å². The zero-order valence-electron chi connectivity index (χ0n) is 16.6. The molecule has 1 amide bonds. The predicted octanol–water partition coefficient (Wildman–Crippen LogP) is 2.38. The number of carbonyl (C=O) groups excluding carboxylic acids is 1. The molecule has 3 atom stereocenters. The Kier molecular flexibility index (Phi) is 7.60. The second kappa shape index (κ2) is 10.4. The van der Waals surface area contributed by atoms with Gasteiger partial charge in [-0.05, 0) is 17.5 Å². The molecule has 0 aromatic heterocycles. The third-order valence-electron chi connectivity index (χ3n) is 5.39. The van der Waals surface area contributed by atoms with Gasteiger partial charge in [0.2, 0.25) is 5.91 Å². The molecule has 3 N–H and O–H groups in total. The molecule has 1 fully saturated rings. The van der Waals surface area contributed by atoms with Crippen LogP contribution in [0, 0.1) is 5.92 Å². The summed E-state index contributed by atoms with van der Waals surface area (Å²) >= 11 is 0. The minimum atomic E-state index is -0.318. The molecule has 5 heteroatoms. The lowest BCUT2D eigenvalue weighted by atomic mass is 9.94. The first-order valence-corrected chi connectivity index (χ1v) is 10.1. The van der Waals surface area contributed by atoms with Crippen molar-refractivity contribution < 1.29 is 9.53 Å². The highest BCUT2D eigenvalue weighted by atomic mass is 16.5. The Morgan fingerprint density at radius 1 is 1.07 bits per heavy atom.